The van der Waals surface area contributed by atoms with Crippen molar-refractivity contribution >= 4 is 74.9 Å². The molecule has 0 bridgehead atoms. The Morgan fingerprint density at radius 2 is 1.29 bits per heavy atom. The molecule has 0 atom stereocenters. The zero-order valence-corrected chi connectivity index (χ0v) is 2.80. The summed E-state index contributed by atoms with van der Waals surface area (Å²) in [4.78, 5) is 14.3. The molecular formula is H7AlLiNaO3Si. The van der Waals surface area contributed by atoms with Crippen LogP contribution in [0.5, 0.6) is 0 Å². The fourth-order valence-electron chi connectivity index (χ4n) is 0. The molecule has 3 nitrogen and oxygen atoms in total. The summed E-state index contributed by atoms with van der Waals surface area (Å²) in [5.41, 5.74) is 0. The summed E-state index contributed by atoms with van der Waals surface area (Å²) in [5.74, 6) is 0. The van der Waals surface area contributed by atoms with Gasteiger partial charge in [0.05, 0.1) is 0 Å². The van der Waals surface area contributed by atoms with E-state index < -0.39 is 9.17 Å². The fourth-order valence-corrected chi connectivity index (χ4v) is 0. The van der Waals surface area contributed by atoms with Gasteiger partial charge in [-0.25, -0.2) is 0 Å². The van der Waals surface area contributed by atoms with Gasteiger partial charge < -0.3 is 9.59 Å². The molecule has 0 amide bonds. The zero-order chi connectivity index (χ0) is 3.58. The van der Waals surface area contributed by atoms with Crippen LogP contribution in [0.25, 0.3) is 0 Å². The molecule has 0 spiro atoms. The third kappa shape index (κ3) is 83.8. The van der Waals surface area contributed by atoms with Gasteiger partial charge in [0.2, 0.25) is 0 Å². The molecule has 0 saturated carbocycles. The Morgan fingerprint density at radius 1 is 1.29 bits per heavy atom. The van der Waals surface area contributed by atoms with Gasteiger partial charge in [-0.05, 0) is 0 Å². The number of hydrogen-bond donors (Lipinski definition) is 2. The second kappa shape index (κ2) is 15.7. The molecule has 34 valence electrons. The monoisotopic (exact) mass is 140 g/mol. The van der Waals surface area contributed by atoms with E-state index in [1.54, 1.807) is 0 Å². The van der Waals surface area contributed by atoms with Crippen LogP contribution in [-0.4, -0.2) is 84.5 Å². The van der Waals surface area contributed by atoms with Gasteiger partial charge >= 0.3 is 57.6 Å². The molecule has 0 aromatic carbocycles. The van der Waals surface area contributed by atoms with Gasteiger partial charge in [0.1, 0.15) is 0 Å². The van der Waals surface area contributed by atoms with Gasteiger partial charge in [-0.3, -0.25) is 4.46 Å². The van der Waals surface area contributed by atoms with Crippen LogP contribution >= 0.6 is 0 Å². The van der Waals surface area contributed by atoms with E-state index in [0.717, 1.165) is 0 Å². The Kier molecular flexibility index (Phi) is 52.1. The molecule has 0 saturated heterocycles. The Labute approximate surface area is 88.0 Å². The standard InChI is InChI=1S/Al.Li.Na.H2O3Si.5H/c;;;1-4(2)3;;;;;/h;;;1-2H;;;;;. The molecule has 0 rings (SSSR count). The van der Waals surface area contributed by atoms with Crippen molar-refractivity contribution in [1.82, 2.24) is 0 Å². The molecule has 2 N–H and O–H groups in total. The summed E-state index contributed by atoms with van der Waals surface area (Å²) in [6.07, 6.45) is 0. The van der Waals surface area contributed by atoms with Crippen LogP contribution in [0.2, 0.25) is 0 Å². The molecule has 7 heteroatoms. The predicted octanol–water partition coefficient (Wildman–Crippen LogP) is -4.09. The normalized spacial score (nSPS) is 3.43. The van der Waals surface area contributed by atoms with Crippen molar-refractivity contribution in [3.05, 3.63) is 0 Å². The van der Waals surface area contributed by atoms with Crippen molar-refractivity contribution in [2.45, 2.75) is 0 Å². The minimum atomic E-state index is -3.13. The van der Waals surface area contributed by atoms with E-state index in [2.05, 4.69) is 0 Å². The second-order valence-corrected chi connectivity index (χ2v) is 0.848. The maximum absolute atomic E-state index is 8.74. The molecule has 0 fully saturated rings. The van der Waals surface area contributed by atoms with Crippen LogP contribution in [0.3, 0.4) is 0 Å². The van der Waals surface area contributed by atoms with Gasteiger partial charge in [0, 0.05) is 0 Å². The summed E-state index contributed by atoms with van der Waals surface area (Å²) in [6, 6.07) is 0. The Morgan fingerprint density at radius 3 is 1.29 bits per heavy atom. The molecule has 0 aliphatic heterocycles. The third-order valence-electron chi connectivity index (χ3n) is 0. The molecule has 0 aliphatic rings. The first-order valence-corrected chi connectivity index (χ1v) is 1.95. The SMILES string of the molecule is O=[Si](O)O.[AlH3].[LiH].[NaH]. The summed E-state index contributed by atoms with van der Waals surface area (Å²) in [6.45, 7) is 0. The Bertz CT molecular complexity index is 37.9. The first-order valence-electron chi connectivity index (χ1n) is 0.651. The van der Waals surface area contributed by atoms with E-state index in [-0.39, 0.29) is 65.8 Å². The van der Waals surface area contributed by atoms with Crippen molar-refractivity contribution in [3.8, 4) is 0 Å². The summed E-state index contributed by atoms with van der Waals surface area (Å²) < 4.78 is 8.74. The van der Waals surface area contributed by atoms with E-state index >= 15 is 0 Å². The first kappa shape index (κ1) is 23.3. The number of rotatable bonds is 0. The van der Waals surface area contributed by atoms with Gasteiger partial charge in [-0.15, -0.1) is 0 Å². The molecule has 0 radical (unpaired) electrons. The molecule has 0 aliphatic carbocycles. The van der Waals surface area contributed by atoms with E-state index in [1.807, 2.05) is 0 Å². The minimum absolute atomic E-state index is 0. The van der Waals surface area contributed by atoms with E-state index in [4.69, 9.17) is 14.1 Å². The molecule has 0 aromatic heterocycles. The average molecular weight is 140 g/mol. The maximum atomic E-state index is 8.74. The average Bonchev–Trinajstić information content (AvgIpc) is 0.811. The van der Waals surface area contributed by atoms with Gasteiger partial charge in [0.15, 0.2) is 17.4 Å². The summed E-state index contributed by atoms with van der Waals surface area (Å²) in [7, 11) is -3.13. The Balaban J connectivity index is -0.0000000150. The summed E-state index contributed by atoms with van der Waals surface area (Å²) in [5, 5.41) is 0. The van der Waals surface area contributed by atoms with Crippen LogP contribution in [0.1, 0.15) is 0 Å². The van der Waals surface area contributed by atoms with Crippen molar-refractivity contribution < 1.29 is 14.1 Å². The van der Waals surface area contributed by atoms with Crippen LogP contribution in [0.15, 0.2) is 0 Å². The van der Waals surface area contributed by atoms with Gasteiger partial charge in [-0.2, -0.15) is 0 Å². The zero-order valence-electron chi connectivity index (χ0n) is 1.80. The van der Waals surface area contributed by atoms with Crippen molar-refractivity contribution in [3.63, 3.8) is 0 Å². The second-order valence-electron chi connectivity index (χ2n) is 0.283. The third-order valence-corrected chi connectivity index (χ3v) is 0. The van der Waals surface area contributed by atoms with Crippen LogP contribution in [0.4, 0.5) is 0 Å². The van der Waals surface area contributed by atoms with Crippen LogP contribution in [-0.2, 0) is 4.46 Å². The van der Waals surface area contributed by atoms with E-state index in [0.29, 0.717) is 0 Å². The molecule has 0 heterocycles. The summed E-state index contributed by atoms with van der Waals surface area (Å²) >= 11 is 0. The molecule has 7 heavy (non-hydrogen) atoms. The van der Waals surface area contributed by atoms with Crippen molar-refractivity contribution in [2.75, 3.05) is 0 Å². The quantitative estimate of drug-likeness (QED) is 0.336. The van der Waals surface area contributed by atoms with Crippen LogP contribution < -0.4 is 0 Å². The Hall–Kier alpha value is 1.75. The fraction of sp³-hybridized carbons (Fsp3) is 0. The van der Waals surface area contributed by atoms with Crippen molar-refractivity contribution in [2.24, 2.45) is 0 Å². The van der Waals surface area contributed by atoms with Gasteiger partial charge in [0.25, 0.3) is 0 Å². The van der Waals surface area contributed by atoms with Crippen molar-refractivity contribution in [1.29, 1.82) is 0 Å². The topological polar surface area (TPSA) is 57.5 Å². The molecule has 0 aromatic rings. The molecule has 0 unspecified atom stereocenters. The van der Waals surface area contributed by atoms with E-state index in [1.165, 1.54) is 0 Å². The van der Waals surface area contributed by atoms with Crippen LogP contribution in [0, 0.1) is 0 Å². The predicted molar refractivity (Wildman–Crippen MR) is 35.1 cm³/mol. The molecular weight excluding hydrogens is 133 g/mol. The first-order chi connectivity index (χ1) is 1.73. The van der Waals surface area contributed by atoms with E-state index in [9.17, 15) is 0 Å². The van der Waals surface area contributed by atoms with Gasteiger partial charge in [-0.1, -0.05) is 0 Å². The number of hydrogen-bond acceptors (Lipinski definition) is 1.